The van der Waals surface area contributed by atoms with Crippen LogP contribution >= 0.6 is 0 Å². The number of rotatable bonds is 9. The summed E-state index contributed by atoms with van der Waals surface area (Å²) in [4.78, 5) is 49.0. The quantitative estimate of drug-likeness (QED) is 0.575. The lowest BCUT2D eigenvalue weighted by Crippen LogP contribution is -2.56. The molecule has 2 amide bonds. The van der Waals surface area contributed by atoms with Crippen LogP contribution in [0.25, 0.3) is 0 Å². The van der Waals surface area contributed by atoms with Crippen LogP contribution in [0.2, 0.25) is 0 Å². The van der Waals surface area contributed by atoms with Crippen molar-refractivity contribution in [3.63, 3.8) is 0 Å². The maximum absolute atomic E-state index is 12.0. The van der Waals surface area contributed by atoms with E-state index in [4.69, 9.17) is 14.6 Å². The Morgan fingerprint density at radius 3 is 2.52 bits per heavy atom. The molecule has 1 N–H and O–H groups in total. The summed E-state index contributed by atoms with van der Waals surface area (Å²) < 4.78 is 11.1. The van der Waals surface area contributed by atoms with Crippen LogP contribution in [0.15, 0.2) is 0 Å². The van der Waals surface area contributed by atoms with Crippen molar-refractivity contribution in [3.05, 3.63) is 0 Å². The SMILES string of the molecule is CCC(=O)N(CC(=O)O)CC(C)(C)COCC1(C)CN(C(C)=O)CC(=O)O1. The fraction of sp³-hybridized carbons (Fsp3) is 0.778. The molecule has 1 unspecified atom stereocenters. The highest BCUT2D eigenvalue weighted by Crippen LogP contribution is 2.22. The van der Waals surface area contributed by atoms with Crippen molar-refractivity contribution in [2.24, 2.45) is 5.41 Å². The summed E-state index contributed by atoms with van der Waals surface area (Å²) >= 11 is 0. The second-order valence-electron chi connectivity index (χ2n) is 7.95. The molecule has 0 saturated carbocycles. The highest BCUT2D eigenvalue weighted by atomic mass is 16.6. The topological polar surface area (TPSA) is 113 Å². The molecule has 9 nitrogen and oxygen atoms in total. The first-order valence-corrected chi connectivity index (χ1v) is 8.92. The second-order valence-corrected chi connectivity index (χ2v) is 7.95. The highest BCUT2D eigenvalue weighted by molar-refractivity contribution is 5.82. The van der Waals surface area contributed by atoms with Gasteiger partial charge in [0.15, 0.2) is 0 Å². The van der Waals surface area contributed by atoms with Crippen molar-refractivity contribution in [1.82, 2.24) is 9.80 Å². The average molecular weight is 386 g/mol. The van der Waals surface area contributed by atoms with Gasteiger partial charge < -0.3 is 24.4 Å². The van der Waals surface area contributed by atoms with E-state index in [-0.39, 0.29) is 57.6 Å². The molecule has 1 aliphatic heterocycles. The molecule has 1 rings (SSSR count). The Hall–Kier alpha value is -2.16. The van der Waals surface area contributed by atoms with E-state index in [1.165, 1.54) is 16.7 Å². The van der Waals surface area contributed by atoms with E-state index >= 15 is 0 Å². The first-order valence-electron chi connectivity index (χ1n) is 8.92. The van der Waals surface area contributed by atoms with Crippen LogP contribution in [-0.4, -0.2) is 83.7 Å². The molecule has 1 heterocycles. The van der Waals surface area contributed by atoms with Crippen molar-refractivity contribution in [2.45, 2.75) is 46.6 Å². The molecule has 0 aromatic rings. The number of amides is 2. The fourth-order valence-electron chi connectivity index (χ4n) is 2.98. The largest absolute Gasteiger partial charge is 0.480 e. The zero-order chi connectivity index (χ0) is 20.8. The maximum atomic E-state index is 12.0. The van der Waals surface area contributed by atoms with Crippen LogP contribution in [0.4, 0.5) is 0 Å². The van der Waals surface area contributed by atoms with E-state index in [1.54, 1.807) is 13.8 Å². The van der Waals surface area contributed by atoms with Gasteiger partial charge in [0.25, 0.3) is 0 Å². The average Bonchev–Trinajstić information content (AvgIpc) is 2.51. The number of carboxylic acid groups (broad SMARTS) is 1. The molecular weight excluding hydrogens is 356 g/mol. The van der Waals surface area contributed by atoms with Crippen molar-refractivity contribution in [3.8, 4) is 0 Å². The summed E-state index contributed by atoms with van der Waals surface area (Å²) in [5, 5.41) is 8.99. The van der Waals surface area contributed by atoms with Gasteiger partial charge in [0.05, 0.1) is 19.8 Å². The van der Waals surface area contributed by atoms with Gasteiger partial charge in [-0.2, -0.15) is 0 Å². The Balaban J connectivity index is 2.64. The molecule has 1 fully saturated rings. The number of hydrogen-bond acceptors (Lipinski definition) is 6. The van der Waals surface area contributed by atoms with Gasteiger partial charge in [-0.3, -0.25) is 19.2 Å². The zero-order valence-electron chi connectivity index (χ0n) is 16.7. The van der Waals surface area contributed by atoms with Crippen LogP contribution in [0, 0.1) is 5.41 Å². The molecule has 0 aromatic carbocycles. The van der Waals surface area contributed by atoms with Gasteiger partial charge in [-0.05, 0) is 6.92 Å². The lowest BCUT2D eigenvalue weighted by molar-refractivity contribution is -0.184. The van der Waals surface area contributed by atoms with E-state index < -0.39 is 23.0 Å². The van der Waals surface area contributed by atoms with Gasteiger partial charge in [0.1, 0.15) is 18.7 Å². The van der Waals surface area contributed by atoms with Crippen LogP contribution in [0.5, 0.6) is 0 Å². The third kappa shape index (κ3) is 7.54. The van der Waals surface area contributed by atoms with Crippen LogP contribution in [0.1, 0.15) is 41.0 Å². The number of carboxylic acids is 1. The predicted octanol–water partition coefficient (Wildman–Crippen LogP) is 0.516. The molecule has 1 aliphatic rings. The normalized spacial score (nSPS) is 20.2. The molecule has 154 valence electrons. The minimum absolute atomic E-state index is 0.0697. The first-order chi connectivity index (χ1) is 12.4. The fourth-order valence-corrected chi connectivity index (χ4v) is 2.98. The van der Waals surface area contributed by atoms with E-state index in [2.05, 4.69) is 0 Å². The third-order valence-corrected chi connectivity index (χ3v) is 4.15. The smallest absolute Gasteiger partial charge is 0.326 e. The number of nitrogens with zero attached hydrogens (tertiary/aromatic N) is 2. The van der Waals surface area contributed by atoms with Gasteiger partial charge in [0, 0.05) is 25.3 Å². The number of cyclic esters (lactones) is 1. The number of carbonyl (C=O) groups is 4. The molecule has 0 radical (unpaired) electrons. The molecule has 0 bridgehead atoms. The zero-order valence-corrected chi connectivity index (χ0v) is 16.7. The molecule has 9 heteroatoms. The minimum Gasteiger partial charge on any atom is -0.480 e. The molecule has 0 aromatic heterocycles. The molecule has 1 saturated heterocycles. The number of morpholine rings is 1. The summed E-state index contributed by atoms with van der Waals surface area (Å²) in [5.41, 5.74) is -1.45. The number of esters is 1. The molecular formula is C18H30N2O7. The van der Waals surface area contributed by atoms with Gasteiger partial charge in [-0.1, -0.05) is 20.8 Å². The number of hydrogen-bond donors (Lipinski definition) is 1. The molecule has 27 heavy (non-hydrogen) atoms. The van der Waals surface area contributed by atoms with E-state index in [0.29, 0.717) is 0 Å². The van der Waals surface area contributed by atoms with E-state index in [0.717, 1.165) is 0 Å². The third-order valence-electron chi connectivity index (χ3n) is 4.15. The van der Waals surface area contributed by atoms with E-state index in [9.17, 15) is 19.2 Å². The van der Waals surface area contributed by atoms with Crippen LogP contribution in [-0.2, 0) is 28.7 Å². The first kappa shape index (κ1) is 22.9. The summed E-state index contributed by atoms with van der Waals surface area (Å²) in [6.45, 7) is 8.85. The number of ether oxygens (including phenoxy) is 2. The number of aliphatic carboxylic acids is 1. The van der Waals surface area contributed by atoms with Crippen molar-refractivity contribution in [1.29, 1.82) is 0 Å². The van der Waals surface area contributed by atoms with Gasteiger partial charge in [0.2, 0.25) is 11.8 Å². The van der Waals surface area contributed by atoms with E-state index in [1.807, 2.05) is 13.8 Å². The summed E-state index contributed by atoms with van der Waals surface area (Å²) in [6.07, 6.45) is 0.221. The molecule has 0 spiro atoms. The standard InChI is InChI=1S/C18H30N2O7/c1-6-14(22)20(7-15(23)24)9-17(3,4)11-26-12-18(5)10-19(13(2)21)8-16(25)27-18/h6-12H2,1-5H3,(H,23,24). The van der Waals surface area contributed by atoms with Gasteiger partial charge in [-0.15, -0.1) is 0 Å². The summed E-state index contributed by atoms with van der Waals surface area (Å²) in [7, 11) is 0. The maximum Gasteiger partial charge on any atom is 0.326 e. The van der Waals surface area contributed by atoms with Crippen molar-refractivity contribution >= 4 is 23.8 Å². The molecule has 1 atom stereocenters. The highest BCUT2D eigenvalue weighted by Gasteiger charge is 2.39. The van der Waals surface area contributed by atoms with Gasteiger partial charge >= 0.3 is 11.9 Å². The monoisotopic (exact) mass is 386 g/mol. The Labute approximate surface area is 159 Å². The summed E-state index contributed by atoms with van der Waals surface area (Å²) in [5.74, 6) is -2.00. The van der Waals surface area contributed by atoms with Crippen LogP contribution < -0.4 is 0 Å². The predicted molar refractivity (Wildman–Crippen MR) is 95.9 cm³/mol. The van der Waals surface area contributed by atoms with Crippen LogP contribution in [0.3, 0.4) is 0 Å². The minimum atomic E-state index is -1.07. The van der Waals surface area contributed by atoms with Crippen molar-refractivity contribution < 1.29 is 33.8 Å². The Kier molecular flexibility index (Phi) is 7.77. The Morgan fingerprint density at radius 1 is 1.37 bits per heavy atom. The van der Waals surface area contributed by atoms with Gasteiger partial charge in [-0.25, -0.2) is 0 Å². The lowest BCUT2D eigenvalue weighted by atomic mass is 9.93. The number of carbonyl (C=O) groups excluding carboxylic acids is 3. The Morgan fingerprint density at radius 2 is 2.00 bits per heavy atom. The second kappa shape index (κ2) is 9.16. The summed E-state index contributed by atoms with van der Waals surface area (Å²) in [6, 6.07) is 0. The molecule has 0 aliphatic carbocycles. The Bertz CT molecular complexity index is 590. The lowest BCUT2D eigenvalue weighted by Gasteiger charge is -2.39. The van der Waals surface area contributed by atoms with Crippen molar-refractivity contribution in [2.75, 3.05) is 39.4 Å².